The van der Waals surface area contributed by atoms with Crippen LogP contribution >= 0.6 is 27.7 Å². The lowest BCUT2D eigenvalue weighted by Gasteiger charge is -2.27. The smallest absolute Gasteiger partial charge is 0.340 e. The molecule has 0 unspecified atom stereocenters. The van der Waals surface area contributed by atoms with E-state index >= 15 is 0 Å². The first-order valence-electron chi connectivity index (χ1n) is 12.1. The van der Waals surface area contributed by atoms with Crippen LogP contribution in [-0.2, 0) is 27.5 Å². The minimum absolute atomic E-state index is 0.189. The Morgan fingerprint density at radius 2 is 2.11 bits per heavy atom. The summed E-state index contributed by atoms with van der Waals surface area (Å²) in [6.07, 6.45) is 3.88. The number of phenolic OH excluding ortho intramolecular Hbond substituents is 1. The summed E-state index contributed by atoms with van der Waals surface area (Å²) in [7, 11) is 0. The second kappa shape index (κ2) is 10.5. The molecule has 1 aliphatic heterocycles. The van der Waals surface area contributed by atoms with Crippen molar-refractivity contribution >= 4 is 44.6 Å². The fourth-order valence-corrected chi connectivity index (χ4v) is 6.30. The Labute approximate surface area is 217 Å². The molecular formula is C25H31BrN4O4S. The molecule has 0 amide bonds. The molecule has 2 N–H and O–H groups in total. The quantitative estimate of drug-likeness (QED) is 0.357. The van der Waals surface area contributed by atoms with E-state index in [9.17, 15) is 9.90 Å². The summed E-state index contributed by atoms with van der Waals surface area (Å²) >= 11 is 5.32. The van der Waals surface area contributed by atoms with E-state index in [1.165, 1.54) is 0 Å². The Morgan fingerprint density at radius 3 is 2.77 bits per heavy atom. The number of ether oxygens (including phenoxy) is 2. The molecule has 3 heterocycles. The standard InChI is InChI=1S/C25H31BrN4O4S/c1-3-34-25(32)23-21(13-35-12-19-15(2)27-14-28-19)30(16-4-5-16)20-10-18(26)24(31)17(22(20)23)11-29-6-8-33-9-7-29/h10,14,16,31H,3-9,11-13H2,1-2H3,(H,27,28). The average molecular weight is 564 g/mol. The number of carbonyl (C=O) groups excluding carboxylic acids is 1. The Bertz CT molecular complexity index is 1230. The number of aromatic amines is 1. The van der Waals surface area contributed by atoms with E-state index in [-0.39, 0.29) is 11.7 Å². The maximum Gasteiger partial charge on any atom is 0.340 e. The third-order valence-corrected chi connectivity index (χ3v) is 8.27. The predicted molar refractivity (Wildman–Crippen MR) is 140 cm³/mol. The highest BCUT2D eigenvalue weighted by Crippen LogP contribution is 2.47. The van der Waals surface area contributed by atoms with Gasteiger partial charge in [0.1, 0.15) is 5.75 Å². The third kappa shape index (κ3) is 4.98. The minimum Gasteiger partial charge on any atom is -0.506 e. The van der Waals surface area contributed by atoms with E-state index < -0.39 is 0 Å². The van der Waals surface area contributed by atoms with Gasteiger partial charge in [-0.1, -0.05) is 0 Å². The summed E-state index contributed by atoms with van der Waals surface area (Å²) in [5, 5.41) is 12.0. The second-order valence-corrected chi connectivity index (χ2v) is 10.9. The number of aryl methyl sites for hydroxylation is 1. The highest BCUT2D eigenvalue weighted by Gasteiger charge is 2.35. The normalized spacial score (nSPS) is 16.8. The maximum absolute atomic E-state index is 13.4. The van der Waals surface area contributed by atoms with E-state index in [0.717, 1.165) is 65.2 Å². The molecular weight excluding hydrogens is 532 g/mol. The number of halogens is 1. The number of benzene rings is 1. The molecule has 1 aliphatic carbocycles. The maximum atomic E-state index is 13.4. The molecule has 8 nitrogen and oxygen atoms in total. The van der Waals surface area contributed by atoms with Gasteiger partial charge in [-0.25, -0.2) is 9.78 Å². The van der Waals surface area contributed by atoms with Crippen molar-refractivity contribution < 1.29 is 19.4 Å². The Kier molecular flexibility index (Phi) is 7.43. The largest absolute Gasteiger partial charge is 0.506 e. The van der Waals surface area contributed by atoms with Crippen LogP contribution in [0.15, 0.2) is 16.9 Å². The van der Waals surface area contributed by atoms with Gasteiger partial charge in [-0.2, -0.15) is 0 Å². The van der Waals surface area contributed by atoms with Gasteiger partial charge in [-0.3, -0.25) is 4.90 Å². The summed E-state index contributed by atoms with van der Waals surface area (Å²) in [6, 6.07) is 2.32. The second-order valence-electron chi connectivity index (χ2n) is 9.08. The number of nitrogens with zero attached hydrogens (tertiary/aromatic N) is 3. The van der Waals surface area contributed by atoms with Crippen LogP contribution in [0.3, 0.4) is 0 Å². The Balaban J connectivity index is 1.62. The first kappa shape index (κ1) is 24.7. The summed E-state index contributed by atoms with van der Waals surface area (Å²) in [5.74, 6) is 1.27. The lowest BCUT2D eigenvalue weighted by Crippen LogP contribution is -2.35. The van der Waals surface area contributed by atoms with Gasteiger partial charge in [0.2, 0.25) is 0 Å². The monoisotopic (exact) mass is 562 g/mol. The van der Waals surface area contributed by atoms with Gasteiger partial charge in [0.05, 0.1) is 47.4 Å². The van der Waals surface area contributed by atoms with Crippen molar-refractivity contribution in [2.75, 3.05) is 32.9 Å². The molecule has 1 aromatic carbocycles. The number of hydrogen-bond acceptors (Lipinski definition) is 7. The van der Waals surface area contributed by atoms with Crippen LogP contribution in [-0.4, -0.2) is 63.4 Å². The number of carbonyl (C=O) groups is 1. The van der Waals surface area contributed by atoms with E-state index in [0.29, 0.717) is 48.2 Å². The van der Waals surface area contributed by atoms with Crippen molar-refractivity contribution in [1.29, 1.82) is 0 Å². The lowest BCUT2D eigenvalue weighted by molar-refractivity contribution is 0.0340. The summed E-state index contributed by atoms with van der Waals surface area (Å²) in [5.41, 5.74) is 5.40. The van der Waals surface area contributed by atoms with Crippen LogP contribution in [0.1, 0.15) is 58.8 Å². The molecule has 0 spiro atoms. The van der Waals surface area contributed by atoms with Crippen molar-refractivity contribution in [3.05, 3.63) is 45.1 Å². The first-order chi connectivity index (χ1) is 17.0. The van der Waals surface area contributed by atoms with E-state index in [2.05, 4.69) is 35.4 Å². The number of nitrogens with one attached hydrogen (secondary N) is 1. The van der Waals surface area contributed by atoms with Crippen LogP contribution in [0, 0.1) is 6.92 Å². The van der Waals surface area contributed by atoms with E-state index in [4.69, 9.17) is 9.47 Å². The predicted octanol–water partition coefficient (Wildman–Crippen LogP) is 4.92. The van der Waals surface area contributed by atoms with E-state index in [1.54, 1.807) is 18.1 Å². The highest BCUT2D eigenvalue weighted by atomic mass is 79.9. The van der Waals surface area contributed by atoms with Crippen molar-refractivity contribution in [2.24, 2.45) is 0 Å². The van der Waals surface area contributed by atoms with Crippen molar-refractivity contribution in [3.8, 4) is 5.75 Å². The van der Waals surface area contributed by atoms with Gasteiger partial charge in [0.15, 0.2) is 0 Å². The molecule has 188 valence electrons. The first-order valence-corrected chi connectivity index (χ1v) is 14.0. The Morgan fingerprint density at radius 1 is 1.34 bits per heavy atom. The zero-order chi connectivity index (χ0) is 24.5. The molecule has 2 aliphatic rings. The summed E-state index contributed by atoms with van der Waals surface area (Å²) in [6.45, 7) is 7.61. The minimum atomic E-state index is -0.326. The molecule has 3 aromatic rings. The summed E-state index contributed by atoms with van der Waals surface area (Å²) in [4.78, 5) is 23.3. The molecule has 1 saturated carbocycles. The van der Waals surface area contributed by atoms with E-state index in [1.807, 2.05) is 19.9 Å². The van der Waals surface area contributed by atoms with Crippen LogP contribution in [0.25, 0.3) is 10.9 Å². The van der Waals surface area contributed by atoms with Gasteiger partial charge >= 0.3 is 5.97 Å². The highest BCUT2D eigenvalue weighted by molar-refractivity contribution is 9.10. The molecule has 0 atom stereocenters. The molecule has 5 rings (SSSR count). The molecule has 2 fully saturated rings. The van der Waals surface area contributed by atoms with Crippen molar-refractivity contribution in [2.45, 2.75) is 50.8 Å². The number of H-pyrrole nitrogens is 1. The van der Waals surface area contributed by atoms with Gasteiger partial charge in [-0.05, 0) is 48.7 Å². The number of imidazole rings is 1. The van der Waals surface area contributed by atoms with Crippen molar-refractivity contribution in [3.63, 3.8) is 0 Å². The number of aromatic hydroxyl groups is 1. The molecule has 0 radical (unpaired) electrons. The zero-order valence-corrected chi connectivity index (χ0v) is 22.5. The SMILES string of the molecule is CCOC(=O)c1c(CSCc2nc[nH]c2C)n(C2CC2)c2cc(Br)c(O)c(CN3CCOCC3)c12. The van der Waals surface area contributed by atoms with Crippen LogP contribution in [0.2, 0.25) is 0 Å². The number of phenols is 1. The number of thioether (sulfide) groups is 1. The molecule has 1 saturated heterocycles. The molecule has 0 bridgehead atoms. The van der Waals surface area contributed by atoms with Gasteiger partial charge < -0.3 is 24.1 Å². The number of esters is 1. The molecule has 2 aromatic heterocycles. The topological polar surface area (TPSA) is 92.6 Å². The number of hydrogen-bond donors (Lipinski definition) is 2. The number of morpholine rings is 1. The fraction of sp³-hybridized carbons (Fsp3) is 0.520. The molecule has 35 heavy (non-hydrogen) atoms. The number of fused-ring (bicyclic) bond motifs is 1. The Hall–Kier alpha value is -2.01. The van der Waals surface area contributed by atoms with Crippen LogP contribution in [0.5, 0.6) is 5.75 Å². The summed E-state index contributed by atoms with van der Waals surface area (Å²) < 4.78 is 14.1. The average Bonchev–Trinajstić information content (AvgIpc) is 3.52. The number of rotatable bonds is 9. The third-order valence-electron chi connectivity index (χ3n) is 6.71. The van der Waals surface area contributed by atoms with Gasteiger partial charge in [0.25, 0.3) is 0 Å². The van der Waals surface area contributed by atoms with Crippen LogP contribution in [0.4, 0.5) is 0 Å². The van der Waals surface area contributed by atoms with Gasteiger partial charge in [0, 0.05) is 59.5 Å². The number of aromatic nitrogens is 3. The molecule has 10 heteroatoms. The van der Waals surface area contributed by atoms with Crippen molar-refractivity contribution in [1.82, 2.24) is 19.4 Å². The van der Waals surface area contributed by atoms with Gasteiger partial charge in [-0.15, -0.1) is 11.8 Å². The lowest BCUT2D eigenvalue weighted by atomic mass is 10.0. The zero-order valence-electron chi connectivity index (χ0n) is 20.1. The fourth-order valence-electron chi connectivity index (χ4n) is 4.79. The van der Waals surface area contributed by atoms with Crippen LogP contribution < -0.4 is 0 Å².